The minimum Gasteiger partial charge on any atom is -0.309 e. The minimum absolute atomic E-state index is 0.473. The van der Waals surface area contributed by atoms with Crippen molar-refractivity contribution in [2.75, 3.05) is 40.3 Å². The predicted molar refractivity (Wildman–Crippen MR) is 80.0 cm³/mol. The summed E-state index contributed by atoms with van der Waals surface area (Å²) in [6.45, 7) is 11.3. The number of rotatable bonds is 5. The van der Waals surface area contributed by atoms with Gasteiger partial charge in [-0.05, 0) is 60.4 Å². The summed E-state index contributed by atoms with van der Waals surface area (Å²) in [6, 6.07) is 1.06. The molecule has 3 nitrogen and oxygen atoms in total. The van der Waals surface area contributed by atoms with Crippen LogP contribution in [0.1, 0.15) is 33.6 Å². The van der Waals surface area contributed by atoms with Crippen LogP contribution in [0.2, 0.25) is 0 Å². The first-order valence-electron chi connectivity index (χ1n) is 7.31. The molecular formula is C15H31N3. The largest absolute Gasteiger partial charge is 0.309 e. The highest BCUT2D eigenvalue weighted by atomic mass is 15.2. The molecule has 2 atom stereocenters. The van der Waals surface area contributed by atoms with Gasteiger partial charge in [-0.3, -0.25) is 0 Å². The van der Waals surface area contributed by atoms with E-state index in [4.69, 9.17) is 0 Å². The van der Waals surface area contributed by atoms with Crippen LogP contribution in [0.5, 0.6) is 0 Å². The van der Waals surface area contributed by atoms with Gasteiger partial charge in [-0.1, -0.05) is 18.6 Å². The Bertz CT molecular complexity index is 258. The molecule has 1 aliphatic rings. The lowest BCUT2D eigenvalue weighted by atomic mass is 10.0. The van der Waals surface area contributed by atoms with Gasteiger partial charge < -0.3 is 15.1 Å². The van der Waals surface area contributed by atoms with Crippen molar-refractivity contribution in [2.24, 2.45) is 0 Å². The van der Waals surface area contributed by atoms with E-state index in [1.54, 1.807) is 0 Å². The van der Waals surface area contributed by atoms with Crippen LogP contribution in [-0.4, -0.2) is 62.2 Å². The lowest BCUT2D eigenvalue weighted by molar-refractivity contribution is 0.195. The van der Waals surface area contributed by atoms with Gasteiger partial charge in [-0.25, -0.2) is 0 Å². The number of likely N-dealkylation sites (N-methyl/N-ethyl adjacent to an activating group) is 2. The first kappa shape index (κ1) is 15.7. The fourth-order valence-electron chi connectivity index (χ4n) is 2.67. The van der Waals surface area contributed by atoms with Gasteiger partial charge in [0.2, 0.25) is 0 Å². The maximum Gasteiger partial charge on any atom is 0.0422 e. The minimum atomic E-state index is 0.473. The molecule has 0 aliphatic carbocycles. The van der Waals surface area contributed by atoms with Crippen LogP contribution in [0, 0.1) is 0 Å². The van der Waals surface area contributed by atoms with E-state index in [1.165, 1.54) is 31.5 Å². The molecular weight excluding hydrogens is 222 g/mol. The van der Waals surface area contributed by atoms with Crippen LogP contribution < -0.4 is 5.32 Å². The lowest BCUT2D eigenvalue weighted by Crippen LogP contribution is -2.51. The van der Waals surface area contributed by atoms with E-state index in [0.717, 1.165) is 13.1 Å². The number of nitrogens with zero attached hydrogens (tertiary/aromatic N) is 2. The van der Waals surface area contributed by atoms with Gasteiger partial charge in [0.1, 0.15) is 0 Å². The summed E-state index contributed by atoms with van der Waals surface area (Å²) in [5.41, 5.74) is 1.41. The fourth-order valence-corrected chi connectivity index (χ4v) is 2.67. The molecule has 1 saturated heterocycles. The van der Waals surface area contributed by atoms with Crippen LogP contribution in [-0.2, 0) is 0 Å². The average Bonchev–Trinajstić information content (AvgIpc) is 2.46. The van der Waals surface area contributed by atoms with Crippen molar-refractivity contribution in [3.8, 4) is 0 Å². The number of nitrogens with one attached hydrogen (secondary N) is 1. The van der Waals surface area contributed by atoms with Crippen molar-refractivity contribution >= 4 is 0 Å². The van der Waals surface area contributed by atoms with Crippen LogP contribution in [0.25, 0.3) is 0 Å². The van der Waals surface area contributed by atoms with Crippen molar-refractivity contribution in [3.05, 3.63) is 11.6 Å². The molecule has 0 aromatic heterocycles. The summed E-state index contributed by atoms with van der Waals surface area (Å²) < 4.78 is 0. The van der Waals surface area contributed by atoms with Crippen molar-refractivity contribution in [3.63, 3.8) is 0 Å². The third-order valence-electron chi connectivity index (χ3n) is 3.67. The van der Waals surface area contributed by atoms with Crippen LogP contribution in [0.15, 0.2) is 11.6 Å². The van der Waals surface area contributed by atoms with Gasteiger partial charge in [-0.2, -0.15) is 0 Å². The Morgan fingerprint density at radius 1 is 1.33 bits per heavy atom. The van der Waals surface area contributed by atoms with Crippen molar-refractivity contribution in [2.45, 2.75) is 45.7 Å². The molecule has 0 spiro atoms. The topological polar surface area (TPSA) is 18.5 Å². The second kappa shape index (κ2) is 7.93. The van der Waals surface area contributed by atoms with E-state index >= 15 is 0 Å². The van der Waals surface area contributed by atoms with Crippen LogP contribution in [0.3, 0.4) is 0 Å². The van der Waals surface area contributed by atoms with E-state index in [1.807, 2.05) is 0 Å². The molecule has 2 unspecified atom stereocenters. The zero-order valence-corrected chi connectivity index (χ0v) is 12.9. The SMILES string of the molecule is CCCNC(C=C(C)C)C1CN(C)CCCN1C. The Morgan fingerprint density at radius 2 is 2.06 bits per heavy atom. The van der Waals surface area contributed by atoms with Gasteiger partial charge in [0.15, 0.2) is 0 Å². The molecule has 106 valence electrons. The molecule has 1 N–H and O–H groups in total. The van der Waals surface area contributed by atoms with Gasteiger partial charge in [0, 0.05) is 18.6 Å². The second-order valence-corrected chi connectivity index (χ2v) is 5.89. The standard InChI is InChI=1S/C15H31N3/c1-6-8-16-14(11-13(2)3)15-12-17(4)9-7-10-18(15)5/h11,14-16H,6-10,12H2,1-5H3. The Kier molecular flexibility index (Phi) is 6.90. The third kappa shape index (κ3) is 5.09. The molecule has 0 aromatic carbocycles. The van der Waals surface area contributed by atoms with E-state index in [2.05, 4.69) is 56.1 Å². The van der Waals surface area contributed by atoms with E-state index in [-0.39, 0.29) is 0 Å². The van der Waals surface area contributed by atoms with Gasteiger partial charge in [-0.15, -0.1) is 0 Å². The highest BCUT2D eigenvalue weighted by molar-refractivity contribution is 5.06. The smallest absolute Gasteiger partial charge is 0.0422 e. The molecule has 1 fully saturated rings. The molecule has 0 saturated carbocycles. The summed E-state index contributed by atoms with van der Waals surface area (Å²) >= 11 is 0. The first-order chi connectivity index (χ1) is 8.54. The summed E-state index contributed by atoms with van der Waals surface area (Å²) in [7, 11) is 4.51. The number of hydrogen-bond donors (Lipinski definition) is 1. The van der Waals surface area contributed by atoms with Crippen molar-refractivity contribution in [1.82, 2.24) is 15.1 Å². The fraction of sp³-hybridized carbons (Fsp3) is 0.867. The Morgan fingerprint density at radius 3 is 2.67 bits per heavy atom. The quantitative estimate of drug-likeness (QED) is 0.756. The monoisotopic (exact) mass is 253 g/mol. The first-order valence-corrected chi connectivity index (χ1v) is 7.31. The number of hydrogen-bond acceptors (Lipinski definition) is 3. The van der Waals surface area contributed by atoms with Crippen LogP contribution >= 0.6 is 0 Å². The second-order valence-electron chi connectivity index (χ2n) is 5.89. The normalized spacial score (nSPS) is 24.6. The van der Waals surface area contributed by atoms with E-state index in [9.17, 15) is 0 Å². The Hall–Kier alpha value is -0.380. The molecule has 1 heterocycles. The molecule has 0 radical (unpaired) electrons. The maximum absolute atomic E-state index is 3.70. The molecule has 0 amide bonds. The van der Waals surface area contributed by atoms with Crippen molar-refractivity contribution in [1.29, 1.82) is 0 Å². The van der Waals surface area contributed by atoms with Gasteiger partial charge >= 0.3 is 0 Å². The Labute approximate surface area is 113 Å². The molecule has 1 aliphatic heterocycles. The van der Waals surface area contributed by atoms with Gasteiger partial charge in [0.25, 0.3) is 0 Å². The zero-order valence-electron chi connectivity index (χ0n) is 12.9. The van der Waals surface area contributed by atoms with Gasteiger partial charge in [0.05, 0.1) is 0 Å². The zero-order chi connectivity index (χ0) is 13.5. The lowest BCUT2D eigenvalue weighted by Gasteiger charge is -2.34. The summed E-state index contributed by atoms with van der Waals surface area (Å²) in [4.78, 5) is 4.99. The summed E-state index contributed by atoms with van der Waals surface area (Å²) in [6.07, 6.45) is 4.87. The number of allylic oxidation sites excluding steroid dienone is 1. The molecule has 3 heteroatoms. The third-order valence-corrected chi connectivity index (χ3v) is 3.67. The summed E-state index contributed by atoms with van der Waals surface area (Å²) in [5.74, 6) is 0. The molecule has 1 rings (SSSR count). The van der Waals surface area contributed by atoms with E-state index < -0.39 is 0 Å². The summed E-state index contributed by atoms with van der Waals surface area (Å²) in [5, 5.41) is 3.70. The maximum atomic E-state index is 3.70. The highest BCUT2D eigenvalue weighted by Gasteiger charge is 2.26. The molecule has 18 heavy (non-hydrogen) atoms. The predicted octanol–water partition coefficient (Wildman–Crippen LogP) is 1.96. The molecule has 0 aromatic rings. The molecule has 0 bridgehead atoms. The van der Waals surface area contributed by atoms with Crippen molar-refractivity contribution < 1.29 is 0 Å². The van der Waals surface area contributed by atoms with Crippen LogP contribution in [0.4, 0.5) is 0 Å². The Balaban J connectivity index is 2.76. The highest BCUT2D eigenvalue weighted by Crippen LogP contribution is 2.13. The van der Waals surface area contributed by atoms with E-state index in [0.29, 0.717) is 12.1 Å². The average molecular weight is 253 g/mol.